The lowest BCUT2D eigenvalue weighted by molar-refractivity contribution is 0.117. The number of piperidine rings is 1. The highest BCUT2D eigenvalue weighted by Crippen LogP contribution is 2.38. The number of benzene rings is 2. The standard InChI is InChI=1S/C32H38N6O4/c1-18-5-6-27(19(2)13-18)42-17-22(39)15-34-25-7-10-33-31(40)28(25)30-35-26-14-23-24(20(3)29(26)36-30)16-38(32(23)41)21-8-11-37(4)12-9-21/h5-7,10,13-14,16,21-22,39,41H,8-9,11-12,15,17H2,1-4H3,(H,35,36)(H2,33,34,40)/t22-/m1/s1. The van der Waals surface area contributed by atoms with Crippen LogP contribution in [0.25, 0.3) is 33.2 Å². The van der Waals surface area contributed by atoms with Gasteiger partial charge >= 0.3 is 0 Å². The molecule has 5 aromatic rings. The summed E-state index contributed by atoms with van der Waals surface area (Å²) in [6.45, 7) is 8.28. The molecule has 0 unspecified atom stereocenters. The Morgan fingerprint density at radius 2 is 1.93 bits per heavy atom. The normalized spacial score (nSPS) is 15.5. The van der Waals surface area contributed by atoms with Gasteiger partial charge in [0, 0.05) is 35.8 Å². The lowest BCUT2D eigenvalue weighted by Gasteiger charge is -2.30. The number of H-pyrrole nitrogens is 2. The van der Waals surface area contributed by atoms with Crippen LogP contribution >= 0.6 is 0 Å². The SMILES string of the molecule is Cc1ccc(OC[C@H](O)CNc2cc[nH]c(=O)c2-c2nc3c(C)c4cn(C5CCN(C)CC5)c(O)c4cc3[nH]2)c(C)c1. The molecule has 0 spiro atoms. The zero-order chi connectivity index (χ0) is 29.5. The number of imidazole rings is 1. The largest absolute Gasteiger partial charge is 0.494 e. The molecule has 3 aromatic heterocycles. The van der Waals surface area contributed by atoms with Gasteiger partial charge in [-0.15, -0.1) is 0 Å². The van der Waals surface area contributed by atoms with E-state index in [-0.39, 0.29) is 30.6 Å². The molecule has 0 saturated carbocycles. The smallest absolute Gasteiger partial charge is 0.261 e. The second kappa shape index (κ2) is 11.2. The van der Waals surface area contributed by atoms with Gasteiger partial charge < -0.3 is 39.7 Å². The lowest BCUT2D eigenvalue weighted by Crippen LogP contribution is -2.31. The lowest BCUT2D eigenvalue weighted by atomic mass is 10.1. The fourth-order valence-electron chi connectivity index (χ4n) is 5.98. The molecule has 4 heterocycles. The maximum atomic E-state index is 13.0. The summed E-state index contributed by atoms with van der Waals surface area (Å²) in [6.07, 6.45) is 4.77. The number of aliphatic hydroxyl groups is 1. The molecule has 0 bridgehead atoms. The molecule has 1 aliphatic rings. The summed E-state index contributed by atoms with van der Waals surface area (Å²) in [5, 5.41) is 26.7. The average Bonchev–Trinajstić information content (AvgIpc) is 3.53. The second-order valence-corrected chi connectivity index (χ2v) is 11.5. The Bertz CT molecular complexity index is 1810. The van der Waals surface area contributed by atoms with Crippen LogP contribution in [0.2, 0.25) is 0 Å². The molecular weight excluding hydrogens is 532 g/mol. The second-order valence-electron chi connectivity index (χ2n) is 11.5. The van der Waals surface area contributed by atoms with Crippen LogP contribution in [0.4, 0.5) is 5.69 Å². The first-order valence-corrected chi connectivity index (χ1v) is 14.4. The number of ether oxygens (including phenoxy) is 1. The molecule has 1 atom stereocenters. The van der Waals surface area contributed by atoms with Crippen molar-refractivity contribution in [2.75, 3.05) is 38.6 Å². The van der Waals surface area contributed by atoms with E-state index in [4.69, 9.17) is 9.72 Å². The van der Waals surface area contributed by atoms with Gasteiger partial charge in [-0.3, -0.25) is 4.79 Å². The van der Waals surface area contributed by atoms with Crippen molar-refractivity contribution < 1.29 is 14.9 Å². The van der Waals surface area contributed by atoms with Crippen LogP contribution in [0.1, 0.15) is 35.6 Å². The number of aromatic hydroxyl groups is 1. The van der Waals surface area contributed by atoms with Gasteiger partial charge in [-0.25, -0.2) is 4.98 Å². The molecule has 1 fully saturated rings. The highest BCUT2D eigenvalue weighted by atomic mass is 16.5. The van der Waals surface area contributed by atoms with Crippen molar-refractivity contribution in [1.82, 2.24) is 24.4 Å². The maximum absolute atomic E-state index is 13.0. The number of nitrogens with zero attached hydrogens (tertiary/aromatic N) is 3. The number of aryl methyl sites for hydroxylation is 3. The number of hydrogen-bond acceptors (Lipinski definition) is 7. The van der Waals surface area contributed by atoms with E-state index in [2.05, 4.69) is 27.2 Å². The minimum atomic E-state index is -0.805. The van der Waals surface area contributed by atoms with Crippen LogP contribution in [-0.4, -0.2) is 74.0 Å². The first-order valence-electron chi connectivity index (χ1n) is 14.4. The Labute approximate surface area is 244 Å². The van der Waals surface area contributed by atoms with Gasteiger partial charge in [0.2, 0.25) is 0 Å². The molecule has 2 aromatic carbocycles. The molecule has 0 radical (unpaired) electrons. The number of aromatic nitrogens is 4. The molecular formula is C32H38N6O4. The predicted molar refractivity (Wildman–Crippen MR) is 166 cm³/mol. The molecule has 6 rings (SSSR count). The van der Waals surface area contributed by atoms with E-state index in [0.717, 1.165) is 70.2 Å². The number of fused-ring (bicyclic) bond motifs is 2. The highest BCUT2D eigenvalue weighted by Gasteiger charge is 2.24. The van der Waals surface area contributed by atoms with E-state index >= 15 is 0 Å². The van der Waals surface area contributed by atoms with Crippen LogP contribution in [0.5, 0.6) is 11.6 Å². The zero-order valence-electron chi connectivity index (χ0n) is 24.5. The molecule has 10 nitrogen and oxygen atoms in total. The number of pyridine rings is 1. The van der Waals surface area contributed by atoms with Crippen LogP contribution in [-0.2, 0) is 0 Å². The van der Waals surface area contributed by atoms with Gasteiger partial charge in [-0.1, -0.05) is 17.7 Å². The Kier molecular flexibility index (Phi) is 7.42. The summed E-state index contributed by atoms with van der Waals surface area (Å²) in [4.78, 5) is 26.2. The molecule has 5 N–H and O–H groups in total. The van der Waals surface area contributed by atoms with Crippen molar-refractivity contribution in [3.05, 3.63) is 69.8 Å². The van der Waals surface area contributed by atoms with E-state index in [1.54, 1.807) is 12.3 Å². The van der Waals surface area contributed by atoms with Crippen molar-refractivity contribution >= 4 is 27.5 Å². The number of hydrogen-bond donors (Lipinski definition) is 5. The van der Waals surface area contributed by atoms with Gasteiger partial charge in [-0.05, 0) is 83.1 Å². The van der Waals surface area contributed by atoms with Gasteiger partial charge in [0.1, 0.15) is 29.8 Å². The Balaban J connectivity index is 1.25. The van der Waals surface area contributed by atoms with Gasteiger partial charge in [-0.2, -0.15) is 0 Å². The van der Waals surface area contributed by atoms with Crippen LogP contribution in [0, 0.1) is 20.8 Å². The minimum absolute atomic E-state index is 0.107. The average molecular weight is 571 g/mol. The molecule has 1 aliphatic heterocycles. The number of likely N-dealkylation sites (tertiary alicyclic amines) is 1. The monoisotopic (exact) mass is 570 g/mol. The van der Waals surface area contributed by atoms with Gasteiger partial charge in [0.15, 0.2) is 5.88 Å². The minimum Gasteiger partial charge on any atom is -0.494 e. The van der Waals surface area contributed by atoms with Crippen LogP contribution in [0.15, 0.2) is 47.5 Å². The van der Waals surface area contributed by atoms with E-state index < -0.39 is 6.10 Å². The third-order valence-corrected chi connectivity index (χ3v) is 8.39. The number of aromatic amines is 2. The van der Waals surface area contributed by atoms with E-state index in [0.29, 0.717) is 17.1 Å². The summed E-state index contributed by atoms with van der Waals surface area (Å²) in [6, 6.07) is 9.83. The van der Waals surface area contributed by atoms with Gasteiger partial charge in [0.25, 0.3) is 5.56 Å². The topological polar surface area (TPSA) is 131 Å². The quantitative estimate of drug-likeness (QED) is 0.184. The van der Waals surface area contributed by atoms with Crippen molar-refractivity contribution in [3.63, 3.8) is 0 Å². The maximum Gasteiger partial charge on any atom is 0.261 e. The van der Waals surface area contributed by atoms with E-state index in [9.17, 15) is 15.0 Å². The van der Waals surface area contributed by atoms with Crippen LogP contribution < -0.4 is 15.6 Å². The Morgan fingerprint density at radius 1 is 1.14 bits per heavy atom. The van der Waals surface area contributed by atoms with Crippen LogP contribution in [0.3, 0.4) is 0 Å². The Morgan fingerprint density at radius 3 is 2.69 bits per heavy atom. The Hall–Kier alpha value is -4.28. The van der Waals surface area contributed by atoms with E-state index in [1.165, 1.54) is 0 Å². The van der Waals surface area contributed by atoms with E-state index in [1.807, 2.05) is 55.8 Å². The number of anilines is 1. The summed E-state index contributed by atoms with van der Waals surface area (Å²) >= 11 is 0. The fraction of sp³-hybridized carbons (Fsp3) is 0.375. The first-order chi connectivity index (χ1) is 20.2. The molecule has 220 valence electrons. The summed E-state index contributed by atoms with van der Waals surface area (Å²) < 4.78 is 7.83. The number of rotatable bonds is 8. The van der Waals surface area contributed by atoms with Gasteiger partial charge in [0.05, 0.1) is 16.7 Å². The molecule has 42 heavy (non-hydrogen) atoms. The van der Waals surface area contributed by atoms with Crippen molar-refractivity contribution in [1.29, 1.82) is 0 Å². The molecule has 0 amide bonds. The summed E-state index contributed by atoms with van der Waals surface area (Å²) in [7, 11) is 2.13. The fourth-order valence-corrected chi connectivity index (χ4v) is 5.98. The summed E-state index contributed by atoms with van der Waals surface area (Å²) in [5.74, 6) is 1.41. The third-order valence-electron chi connectivity index (χ3n) is 8.39. The molecule has 10 heteroatoms. The van der Waals surface area contributed by atoms with Crippen molar-refractivity contribution in [2.45, 2.75) is 45.8 Å². The first kappa shape index (κ1) is 27.9. The predicted octanol–water partition coefficient (Wildman–Crippen LogP) is 4.62. The molecule has 0 aliphatic carbocycles. The number of nitrogens with one attached hydrogen (secondary N) is 3. The highest BCUT2D eigenvalue weighted by molar-refractivity contribution is 6.02. The summed E-state index contributed by atoms with van der Waals surface area (Å²) in [5.41, 5.74) is 5.17. The van der Waals surface area contributed by atoms with Crippen molar-refractivity contribution in [3.8, 4) is 23.0 Å². The number of aliphatic hydroxyl groups excluding tert-OH is 1. The zero-order valence-corrected chi connectivity index (χ0v) is 24.5. The van der Waals surface area contributed by atoms with Crippen molar-refractivity contribution in [2.24, 2.45) is 0 Å². The molecule has 1 saturated heterocycles. The third kappa shape index (κ3) is 5.23.